The Labute approximate surface area is 351 Å². The van der Waals surface area contributed by atoms with Crippen LogP contribution in [0.2, 0.25) is 0 Å². The van der Waals surface area contributed by atoms with Crippen LogP contribution >= 0.6 is 15.9 Å². The number of nitrogen functional groups attached to an aromatic ring is 1. The minimum absolute atomic E-state index is 0.0269. The topological polar surface area (TPSA) is 213 Å². The molecule has 15 nitrogen and oxygen atoms in total. The molecule has 4 aliphatic rings. The number of likely N-dealkylation sites (tertiary alicyclic amines) is 1. The molecule has 2 aliphatic heterocycles. The number of anilines is 1. The van der Waals surface area contributed by atoms with Gasteiger partial charge in [-0.15, -0.1) is 0 Å². The summed E-state index contributed by atoms with van der Waals surface area (Å²) in [6, 6.07) is 3.23. The second-order valence-corrected chi connectivity index (χ2v) is 16.4. The summed E-state index contributed by atoms with van der Waals surface area (Å²) in [5, 5.41) is 6.90. The van der Waals surface area contributed by atoms with E-state index in [9.17, 15) is 41.5 Å². The highest BCUT2D eigenvalue weighted by atomic mass is 79.9. The van der Waals surface area contributed by atoms with E-state index in [1.54, 1.807) is 37.4 Å². The van der Waals surface area contributed by atoms with Crippen molar-refractivity contribution >= 4 is 44.9 Å². The number of halogens is 5. The number of pyridine rings is 2. The first kappa shape index (κ1) is 46.0. The smallest absolute Gasteiger partial charge is 0.270 e. The Morgan fingerprint density at radius 1 is 0.900 bits per heavy atom. The standard InChI is InChI=1S/C13H13BrF2N2O2.C13H19N5O.C8H10N2O2.C6H8F2O/c1-7-6-8(14)11(20)18-9(7)10(19)17-13(18)4-2-12(15,16)3-5-13;1-10-11(19-7-6-17-4-2-3-5-17)8-18-12(10)13(14)15-9-16-18;1-4-3-5(2)8(12)10-6(4)7(9)11;7-6(8)3-1-5(9)2-4-6/h6H,2-5H2,1H3,(H,17,19);8-9H,2-7H2,1H3,(H2,14,15,16);3H,1-2H3,(H2,9,11)(H,10,12);1-4H2. The van der Waals surface area contributed by atoms with Gasteiger partial charge in [-0.1, -0.05) is 0 Å². The van der Waals surface area contributed by atoms with E-state index in [0.717, 1.165) is 23.4 Å². The lowest BCUT2D eigenvalue weighted by Crippen LogP contribution is -2.51. The molecule has 0 bridgehead atoms. The van der Waals surface area contributed by atoms with Crippen LogP contribution in [0.3, 0.4) is 0 Å². The van der Waals surface area contributed by atoms with Crippen LogP contribution in [0.1, 0.15) is 107 Å². The van der Waals surface area contributed by atoms with E-state index in [1.165, 1.54) is 36.8 Å². The van der Waals surface area contributed by atoms with Gasteiger partial charge >= 0.3 is 0 Å². The summed E-state index contributed by atoms with van der Waals surface area (Å²) in [6.07, 6.45) is 5.04. The van der Waals surface area contributed by atoms with Crippen molar-refractivity contribution in [3.8, 4) is 5.75 Å². The number of nitrogens with zero attached hydrogens (tertiary/aromatic N) is 5. The monoisotopic (exact) mass is 907 g/mol. The van der Waals surface area contributed by atoms with Crippen molar-refractivity contribution in [2.24, 2.45) is 5.73 Å². The van der Waals surface area contributed by atoms with Crippen molar-refractivity contribution in [1.29, 1.82) is 0 Å². The number of nitrogens with one attached hydrogen (secondary N) is 2. The zero-order valence-electron chi connectivity index (χ0n) is 33.9. The maximum Gasteiger partial charge on any atom is 0.270 e. The van der Waals surface area contributed by atoms with Gasteiger partial charge in [-0.3, -0.25) is 33.4 Å². The highest BCUT2D eigenvalue weighted by Gasteiger charge is 2.50. The van der Waals surface area contributed by atoms with Crippen molar-refractivity contribution in [2.45, 2.75) is 109 Å². The number of aromatic nitrogens is 5. The lowest BCUT2D eigenvalue weighted by atomic mass is 9.86. The van der Waals surface area contributed by atoms with Crippen LogP contribution in [0, 0.1) is 27.7 Å². The number of primary amides is 1. The van der Waals surface area contributed by atoms with E-state index in [0.29, 0.717) is 33.6 Å². The van der Waals surface area contributed by atoms with Gasteiger partial charge < -0.3 is 26.5 Å². The number of H-pyrrole nitrogens is 1. The third kappa shape index (κ3) is 10.8. The van der Waals surface area contributed by atoms with Crippen molar-refractivity contribution in [3.63, 3.8) is 0 Å². The Morgan fingerprint density at radius 2 is 1.52 bits per heavy atom. The molecule has 326 valence electrons. The second kappa shape index (κ2) is 18.7. The number of hydrogen-bond donors (Lipinski definition) is 4. The fraction of sp³-hybridized carbons (Fsp3) is 0.525. The van der Waals surface area contributed by atoms with Crippen LogP contribution in [0.4, 0.5) is 23.4 Å². The maximum atomic E-state index is 13.4. The first-order valence-corrected chi connectivity index (χ1v) is 20.4. The van der Waals surface area contributed by atoms with E-state index in [4.69, 9.17) is 16.2 Å². The molecule has 4 aromatic heterocycles. The van der Waals surface area contributed by atoms with E-state index in [1.807, 2.05) is 13.1 Å². The zero-order chi connectivity index (χ0) is 44.2. The number of amides is 2. The van der Waals surface area contributed by atoms with Crippen molar-refractivity contribution in [3.05, 3.63) is 83.5 Å². The van der Waals surface area contributed by atoms with Gasteiger partial charge in [-0.25, -0.2) is 27.1 Å². The van der Waals surface area contributed by atoms with Gasteiger partial charge in [-0.05, 0) is 106 Å². The minimum Gasteiger partial charge on any atom is -0.490 e. The molecular formula is C40H50BrF4N9O6. The molecule has 3 fully saturated rings. The molecular weight excluding hydrogens is 858 g/mol. The van der Waals surface area contributed by atoms with Gasteiger partial charge in [0.25, 0.3) is 22.9 Å². The Bertz CT molecular complexity index is 2350. The number of rotatable bonds is 5. The summed E-state index contributed by atoms with van der Waals surface area (Å²) in [6.45, 7) is 11.2. The van der Waals surface area contributed by atoms with Gasteiger partial charge in [0.05, 0.1) is 10.7 Å². The largest absolute Gasteiger partial charge is 0.490 e. The Kier molecular flexibility index (Phi) is 14.3. The van der Waals surface area contributed by atoms with E-state index < -0.39 is 23.4 Å². The number of alkyl halides is 4. The maximum absolute atomic E-state index is 13.4. The molecule has 1 saturated heterocycles. The van der Waals surface area contributed by atoms with Crippen LogP contribution in [0.5, 0.6) is 5.75 Å². The summed E-state index contributed by atoms with van der Waals surface area (Å²) in [5.41, 5.74) is 13.5. The average molecular weight is 909 g/mol. The summed E-state index contributed by atoms with van der Waals surface area (Å²) < 4.78 is 60.5. The number of carbonyl (C=O) groups excluding carboxylic acids is 3. The first-order valence-electron chi connectivity index (χ1n) is 19.6. The summed E-state index contributed by atoms with van der Waals surface area (Å²) >= 11 is 3.17. The van der Waals surface area contributed by atoms with Gasteiger partial charge in [-0.2, -0.15) is 5.10 Å². The summed E-state index contributed by atoms with van der Waals surface area (Å²) in [5.74, 6) is -4.95. The quantitative estimate of drug-likeness (QED) is 0.185. The molecule has 0 aromatic carbocycles. The molecule has 0 unspecified atom stereocenters. The molecule has 0 radical (unpaired) electrons. The normalized spacial score (nSPS) is 18.6. The average Bonchev–Trinajstić information content (AvgIpc) is 3.89. The third-order valence-corrected chi connectivity index (χ3v) is 11.6. The summed E-state index contributed by atoms with van der Waals surface area (Å²) in [4.78, 5) is 65.5. The molecule has 2 aliphatic carbocycles. The van der Waals surface area contributed by atoms with Crippen LogP contribution in [-0.2, 0) is 10.5 Å². The number of carbonyl (C=O) groups is 3. The molecule has 60 heavy (non-hydrogen) atoms. The van der Waals surface area contributed by atoms with Crippen molar-refractivity contribution in [2.75, 3.05) is 32.0 Å². The fourth-order valence-electron chi connectivity index (χ4n) is 7.62. The fourth-order valence-corrected chi connectivity index (χ4v) is 8.15. The molecule has 4 aromatic rings. The number of fused-ring (bicyclic) bond motifs is 3. The predicted octanol–water partition coefficient (Wildman–Crippen LogP) is 5.47. The lowest BCUT2D eigenvalue weighted by molar-refractivity contribution is -0.128. The number of ether oxygens (including phenoxy) is 1. The SMILES string of the molecule is Cc1c(OCCN2CCCC2)cn2ncnc(N)c12.Cc1cc(Br)c(=O)n2c1C(=O)NC21CCC(F)(F)CC1.Cc1cc(C)c(=O)[nH]c1C(N)=O.O=C1CCC(F)(F)CC1. The molecule has 1 spiro atoms. The van der Waals surface area contributed by atoms with Crippen molar-refractivity contribution in [1.82, 2.24) is 34.4 Å². The van der Waals surface area contributed by atoms with E-state index >= 15 is 0 Å². The first-order chi connectivity index (χ1) is 28.1. The Hall–Kier alpha value is -5.11. The van der Waals surface area contributed by atoms with Gasteiger partial charge in [0, 0.05) is 56.2 Å². The van der Waals surface area contributed by atoms with Gasteiger partial charge in [0.15, 0.2) is 5.82 Å². The van der Waals surface area contributed by atoms with Crippen LogP contribution in [0.25, 0.3) is 5.52 Å². The highest BCUT2D eigenvalue weighted by molar-refractivity contribution is 9.10. The second-order valence-electron chi connectivity index (χ2n) is 15.6. The summed E-state index contributed by atoms with van der Waals surface area (Å²) in [7, 11) is 0. The molecule has 2 amide bonds. The van der Waals surface area contributed by atoms with Crippen molar-refractivity contribution < 1.29 is 36.7 Å². The Morgan fingerprint density at radius 3 is 2.10 bits per heavy atom. The van der Waals surface area contributed by atoms with E-state index in [2.05, 4.69) is 41.2 Å². The van der Waals surface area contributed by atoms with Crippen LogP contribution in [-0.4, -0.2) is 84.7 Å². The number of aryl methyl sites for hydroxylation is 4. The molecule has 2 saturated carbocycles. The molecule has 6 heterocycles. The number of hydrogen-bond acceptors (Lipinski definition) is 10. The third-order valence-electron chi connectivity index (χ3n) is 11.0. The Balaban J connectivity index is 0.000000159. The van der Waals surface area contributed by atoms with Crippen LogP contribution in [0.15, 0.2) is 38.7 Å². The zero-order valence-corrected chi connectivity index (χ0v) is 35.5. The van der Waals surface area contributed by atoms with Gasteiger partial charge in [0.2, 0.25) is 11.8 Å². The number of nitrogens with two attached hydrogens (primary N) is 2. The number of aromatic amines is 1. The van der Waals surface area contributed by atoms with Crippen LogP contribution < -0.4 is 32.6 Å². The highest BCUT2D eigenvalue weighted by Crippen LogP contribution is 2.43. The molecule has 6 N–H and O–H groups in total. The molecule has 8 rings (SSSR count). The lowest BCUT2D eigenvalue weighted by Gasteiger charge is -2.38. The van der Waals surface area contributed by atoms with E-state index in [-0.39, 0.29) is 85.6 Å². The molecule has 20 heteroatoms. The number of Topliss-reactive ketones (excluding diaryl/α,β-unsaturated/α-hetero) is 1. The number of ketones is 1. The molecule has 0 atom stereocenters. The minimum atomic E-state index is -2.72. The van der Waals surface area contributed by atoms with Gasteiger partial charge in [0.1, 0.15) is 47.0 Å². The predicted molar refractivity (Wildman–Crippen MR) is 219 cm³/mol.